The second-order valence-electron chi connectivity index (χ2n) is 6.15. The van der Waals surface area contributed by atoms with Crippen LogP contribution in [0.2, 0.25) is 0 Å². The molecule has 2 heterocycles. The van der Waals surface area contributed by atoms with Crippen molar-refractivity contribution in [3.05, 3.63) is 0 Å². The molecule has 1 atom stereocenters. The number of morpholine rings is 1. The van der Waals surface area contributed by atoms with E-state index >= 15 is 0 Å². The van der Waals surface area contributed by atoms with E-state index in [2.05, 4.69) is 13.8 Å². The maximum atomic E-state index is 12.7. The average molecular weight is 316 g/mol. The van der Waals surface area contributed by atoms with Gasteiger partial charge in [0.25, 0.3) is 0 Å². The minimum absolute atomic E-state index is 0.0390. The summed E-state index contributed by atoms with van der Waals surface area (Å²) in [6.07, 6.45) is 0.900. The molecule has 120 valence electrons. The van der Waals surface area contributed by atoms with E-state index in [0.29, 0.717) is 19.8 Å². The van der Waals surface area contributed by atoms with Crippen molar-refractivity contribution in [3.63, 3.8) is 0 Å². The molecule has 21 heavy (non-hydrogen) atoms. The van der Waals surface area contributed by atoms with Gasteiger partial charge in [0, 0.05) is 30.1 Å². The standard InChI is InChI=1S/C14H24N2O4S/c1-14(2)3-4-15(6-8-21-14)13(19)16-5-7-20-10-11(16)9-12(17)18/h11H,3-10H2,1-2H3,(H,17,18). The second-order valence-corrected chi connectivity index (χ2v) is 7.95. The zero-order valence-corrected chi connectivity index (χ0v) is 13.5. The highest BCUT2D eigenvalue weighted by Crippen LogP contribution is 2.31. The summed E-state index contributed by atoms with van der Waals surface area (Å²) >= 11 is 1.89. The smallest absolute Gasteiger partial charge is 0.320 e. The topological polar surface area (TPSA) is 70.1 Å². The SMILES string of the molecule is CC1(C)CCN(C(=O)N2CCOCC2CC(=O)O)CCS1. The zero-order chi connectivity index (χ0) is 15.5. The monoisotopic (exact) mass is 316 g/mol. The minimum atomic E-state index is -0.893. The largest absolute Gasteiger partial charge is 0.481 e. The van der Waals surface area contributed by atoms with Gasteiger partial charge in [0.2, 0.25) is 0 Å². The number of hydrogen-bond donors (Lipinski definition) is 1. The van der Waals surface area contributed by atoms with Crippen molar-refractivity contribution in [1.82, 2.24) is 9.80 Å². The lowest BCUT2D eigenvalue weighted by Crippen LogP contribution is -2.54. The van der Waals surface area contributed by atoms with Gasteiger partial charge in [-0.05, 0) is 6.42 Å². The van der Waals surface area contributed by atoms with Crippen LogP contribution in [0.25, 0.3) is 0 Å². The Hall–Kier alpha value is -0.950. The van der Waals surface area contributed by atoms with Crippen molar-refractivity contribution in [1.29, 1.82) is 0 Å². The number of ether oxygens (including phenoxy) is 1. The molecule has 1 unspecified atom stereocenters. The molecule has 2 rings (SSSR count). The fraction of sp³-hybridized carbons (Fsp3) is 0.857. The summed E-state index contributed by atoms with van der Waals surface area (Å²) in [5, 5.41) is 8.98. The van der Waals surface area contributed by atoms with Crippen LogP contribution in [0.4, 0.5) is 4.79 Å². The molecule has 0 bridgehead atoms. The summed E-state index contributed by atoms with van der Waals surface area (Å²) in [4.78, 5) is 27.2. The maximum absolute atomic E-state index is 12.7. The first-order chi connectivity index (χ1) is 9.89. The van der Waals surface area contributed by atoms with Crippen molar-refractivity contribution in [2.45, 2.75) is 37.5 Å². The Morgan fingerprint density at radius 3 is 2.81 bits per heavy atom. The summed E-state index contributed by atoms with van der Waals surface area (Å²) in [5.74, 6) is 0.0306. The number of amides is 2. The molecule has 2 amide bonds. The number of rotatable bonds is 2. The Morgan fingerprint density at radius 2 is 2.10 bits per heavy atom. The quantitative estimate of drug-likeness (QED) is 0.836. The highest BCUT2D eigenvalue weighted by Gasteiger charge is 2.33. The molecule has 2 saturated heterocycles. The third kappa shape index (κ3) is 4.51. The van der Waals surface area contributed by atoms with E-state index in [4.69, 9.17) is 9.84 Å². The molecule has 1 N–H and O–H groups in total. The predicted molar refractivity (Wildman–Crippen MR) is 81.7 cm³/mol. The lowest BCUT2D eigenvalue weighted by atomic mass is 10.1. The Balaban J connectivity index is 2.01. The number of thioether (sulfide) groups is 1. The van der Waals surface area contributed by atoms with E-state index in [1.165, 1.54) is 0 Å². The first kappa shape index (κ1) is 16.4. The Morgan fingerprint density at radius 1 is 1.33 bits per heavy atom. The maximum Gasteiger partial charge on any atom is 0.320 e. The molecule has 0 aromatic carbocycles. The van der Waals surface area contributed by atoms with Gasteiger partial charge >= 0.3 is 12.0 Å². The second kappa shape index (κ2) is 6.87. The summed E-state index contributed by atoms with van der Waals surface area (Å²) < 4.78 is 5.52. The van der Waals surface area contributed by atoms with Gasteiger partial charge in [-0.1, -0.05) is 13.8 Å². The normalized spacial score (nSPS) is 26.3. The van der Waals surface area contributed by atoms with Gasteiger partial charge in [-0.25, -0.2) is 4.79 Å². The van der Waals surface area contributed by atoms with Gasteiger partial charge in [0.15, 0.2) is 0 Å². The molecule has 6 nitrogen and oxygen atoms in total. The minimum Gasteiger partial charge on any atom is -0.481 e. The third-order valence-electron chi connectivity index (χ3n) is 3.99. The van der Waals surface area contributed by atoms with Crippen LogP contribution < -0.4 is 0 Å². The molecule has 0 saturated carbocycles. The number of carboxylic acids is 1. The van der Waals surface area contributed by atoms with E-state index < -0.39 is 5.97 Å². The number of carbonyl (C=O) groups excluding carboxylic acids is 1. The summed E-state index contributed by atoms with van der Waals surface area (Å²) in [7, 11) is 0. The summed E-state index contributed by atoms with van der Waals surface area (Å²) in [6.45, 7) is 7.13. The highest BCUT2D eigenvalue weighted by molar-refractivity contribution is 8.00. The van der Waals surface area contributed by atoms with Gasteiger partial charge in [0.05, 0.1) is 25.7 Å². The van der Waals surface area contributed by atoms with E-state index in [1.54, 1.807) is 4.90 Å². The Bertz CT molecular complexity index is 402. The number of urea groups is 1. The lowest BCUT2D eigenvalue weighted by molar-refractivity contribution is -0.139. The van der Waals surface area contributed by atoms with Crippen LogP contribution in [0.3, 0.4) is 0 Å². The van der Waals surface area contributed by atoms with Crippen LogP contribution in [-0.2, 0) is 9.53 Å². The molecule has 0 radical (unpaired) electrons. The molecule has 0 spiro atoms. The molecule has 2 aliphatic rings. The van der Waals surface area contributed by atoms with Crippen molar-refractivity contribution in [2.24, 2.45) is 0 Å². The first-order valence-corrected chi connectivity index (χ1v) is 8.37. The van der Waals surface area contributed by atoms with Gasteiger partial charge in [-0.15, -0.1) is 0 Å². The van der Waals surface area contributed by atoms with Crippen molar-refractivity contribution in [2.75, 3.05) is 38.6 Å². The van der Waals surface area contributed by atoms with E-state index in [1.807, 2.05) is 16.7 Å². The van der Waals surface area contributed by atoms with E-state index in [0.717, 1.165) is 25.3 Å². The molecular formula is C14H24N2O4S. The number of carbonyl (C=O) groups is 2. The number of carboxylic acid groups (broad SMARTS) is 1. The van der Waals surface area contributed by atoms with Crippen LogP contribution in [0.5, 0.6) is 0 Å². The summed E-state index contributed by atoms with van der Waals surface area (Å²) in [6, 6.07) is -0.393. The first-order valence-electron chi connectivity index (χ1n) is 7.38. The van der Waals surface area contributed by atoms with Gasteiger partial charge in [-0.2, -0.15) is 11.8 Å². The summed E-state index contributed by atoms with van der Waals surface area (Å²) in [5.41, 5.74) is 0. The number of hydrogen-bond acceptors (Lipinski definition) is 4. The lowest BCUT2D eigenvalue weighted by Gasteiger charge is -2.38. The average Bonchev–Trinajstić information content (AvgIpc) is 2.59. The number of aliphatic carboxylic acids is 1. The van der Waals surface area contributed by atoms with Crippen LogP contribution >= 0.6 is 11.8 Å². The molecule has 0 aliphatic carbocycles. The van der Waals surface area contributed by atoms with Gasteiger partial charge in [0.1, 0.15) is 0 Å². The van der Waals surface area contributed by atoms with Crippen molar-refractivity contribution >= 4 is 23.8 Å². The highest BCUT2D eigenvalue weighted by atomic mass is 32.2. The fourth-order valence-electron chi connectivity index (χ4n) is 2.67. The van der Waals surface area contributed by atoms with Crippen LogP contribution in [0.15, 0.2) is 0 Å². The molecule has 2 fully saturated rings. The van der Waals surface area contributed by atoms with Crippen LogP contribution in [0.1, 0.15) is 26.7 Å². The molecular weight excluding hydrogens is 292 g/mol. The van der Waals surface area contributed by atoms with Gasteiger partial charge < -0.3 is 19.6 Å². The molecule has 7 heteroatoms. The molecule has 2 aliphatic heterocycles. The predicted octanol–water partition coefficient (Wildman–Crippen LogP) is 1.50. The number of nitrogens with zero attached hydrogens (tertiary/aromatic N) is 2. The Labute approximate surface area is 129 Å². The zero-order valence-electron chi connectivity index (χ0n) is 12.7. The third-order valence-corrected chi connectivity index (χ3v) is 5.36. The van der Waals surface area contributed by atoms with Crippen molar-refractivity contribution < 1.29 is 19.4 Å². The van der Waals surface area contributed by atoms with Crippen LogP contribution in [-0.4, -0.2) is 76.3 Å². The van der Waals surface area contributed by atoms with Gasteiger partial charge in [-0.3, -0.25) is 4.79 Å². The Kier molecular flexibility index (Phi) is 5.37. The molecule has 0 aromatic heterocycles. The van der Waals surface area contributed by atoms with Crippen molar-refractivity contribution in [3.8, 4) is 0 Å². The van der Waals surface area contributed by atoms with E-state index in [-0.39, 0.29) is 23.2 Å². The molecule has 0 aromatic rings. The fourth-order valence-corrected chi connectivity index (χ4v) is 3.77. The van der Waals surface area contributed by atoms with Crippen LogP contribution in [0, 0.1) is 0 Å². The van der Waals surface area contributed by atoms with E-state index in [9.17, 15) is 9.59 Å².